The first-order valence-electron chi connectivity index (χ1n) is 11.4. The molecule has 1 amide bonds. The van der Waals surface area contributed by atoms with Gasteiger partial charge in [-0.1, -0.05) is 6.07 Å². The minimum atomic E-state index is -2.73. The van der Waals surface area contributed by atoms with E-state index < -0.39 is 70.8 Å². The van der Waals surface area contributed by atoms with E-state index in [1.54, 1.807) is 0 Å². The first-order valence-corrected chi connectivity index (χ1v) is 9.89. The quantitative estimate of drug-likeness (QED) is 0.276. The summed E-state index contributed by atoms with van der Waals surface area (Å²) in [5.41, 5.74) is 1.39. The van der Waals surface area contributed by atoms with Gasteiger partial charge in [0.15, 0.2) is 11.4 Å². The number of aliphatic hydroxyl groups is 3. The van der Waals surface area contributed by atoms with Crippen LogP contribution in [-0.2, 0) is 20.8 Å². The van der Waals surface area contributed by atoms with Gasteiger partial charge in [-0.15, -0.1) is 0 Å². The number of anilines is 1. The maximum Gasteiger partial charge on any atom is 0.255 e. The zero-order valence-electron chi connectivity index (χ0n) is 20.3. The van der Waals surface area contributed by atoms with Crippen molar-refractivity contribution in [2.45, 2.75) is 24.5 Å². The van der Waals surface area contributed by atoms with E-state index in [2.05, 4.69) is 5.32 Å². The monoisotopic (exact) mass is 446 g/mol. The third-order valence-electron chi connectivity index (χ3n) is 6.73. The molecule has 170 valence electrons. The van der Waals surface area contributed by atoms with Crippen molar-refractivity contribution < 1.29 is 38.9 Å². The van der Waals surface area contributed by atoms with Crippen LogP contribution in [0.15, 0.2) is 29.0 Å². The van der Waals surface area contributed by atoms with Gasteiger partial charge in [-0.05, 0) is 44.5 Å². The smallest absolute Gasteiger partial charge is 0.255 e. The van der Waals surface area contributed by atoms with E-state index >= 15 is 0 Å². The largest absolute Gasteiger partial charge is 0.508 e. The van der Waals surface area contributed by atoms with Crippen molar-refractivity contribution in [3.8, 4) is 5.75 Å². The first kappa shape index (κ1) is 18.2. The first-order chi connectivity index (χ1) is 16.1. The highest BCUT2D eigenvalue weighted by molar-refractivity contribution is 6.24. The van der Waals surface area contributed by atoms with Crippen molar-refractivity contribution in [3.63, 3.8) is 0 Å². The van der Waals surface area contributed by atoms with Crippen molar-refractivity contribution in [2.24, 2.45) is 17.6 Å². The number of Topliss-reactive ketones (excluding diaryl/α,β-unsaturated/α-hetero) is 2. The van der Waals surface area contributed by atoms with E-state index in [0.29, 0.717) is 5.56 Å². The van der Waals surface area contributed by atoms with Gasteiger partial charge in [0, 0.05) is 22.6 Å². The number of fused-ring (bicyclic) bond motifs is 3. The molecule has 1 fully saturated rings. The Labute approximate surface area is 187 Å². The van der Waals surface area contributed by atoms with Crippen LogP contribution >= 0.6 is 0 Å². The maximum atomic E-state index is 13.7. The molecule has 4 rings (SSSR count). The number of carbonyl (C=O) groups is 3. The number of aromatic hydroxyl groups is 1. The molecule has 1 aromatic carbocycles. The predicted octanol–water partition coefficient (Wildman–Crippen LogP) is 0.00570. The summed E-state index contributed by atoms with van der Waals surface area (Å²) in [6.07, 6.45) is 0.0952. The number of phenols is 1. The molecule has 0 bridgehead atoms. The second kappa shape index (κ2) is 7.07. The molecule has 0 aliphatic heterocycles. The van der Waals surface area contributed by atoms with Gasteiger partial charge >= 0.3 is 0 Å². The molecule has 4 atom stereocenters. The number of amides is 1. The number of nitrogens with two attached hydrogens (primary N) is 1. The Hall–Kier alpha value is -3.37. The minimum Gasteiger partial charge on any atom is -0.508 e. The van der Waals surface area contributed by atoms with Gasteiger partial charge in [0.2, 0.25) is 5.78 Å². The Kier molecular flexibility index (Phi) is 4.03. The SMILES string of the molecule is [2H]C([2H])([2H])Nc1ccc2c(c1O)C(O)=C1C(=O)[C@]3(O)C(O)=C(C(N)=O)C(=O)[C@@H](N(C)C)[C@@H]3C[C@@H]1C2. The Morgan fingerprint density at radius 3 is 2.56 bits per heavy atom. The summed E-state index contributed by atoms with van der Waals surface area (Å²) in [7, 11) is 3.04. The molecule has 0 radical (unpaired) electrons. The third-order valence-corrected chi connectivity index (χ3v) is 6.73. The molecule has 0 saturated heterocycles. The molecule has 10 heteroatoms. The van der Waals surface area contributed by atoms with Crippen LogP contribution < -0.4 is 11.1 Å². The summed E-state index contributed by atoms with van der Waals surface area (Å²) in [6, 6.07) is 1.67. The van der Waals surface area contributed by atoms with Crippen LogP contribution in [0.3, 0.4) is 0 Å². The van der Waals surface area contributed by atoms with Crippen LogP contribution in [-0.4, -0.2) is 75.5 Å². The molecule has 0 heterocycles. The highest BCUT2D eigenvalue weighted by atomic mass is 16.3. The van der Waals surface area contributed by atoms with Gasteiger partial charge in [-0.3, -0.25) is 19.3 Å². The second-order valence-corrected chi connectivity index (χ2v) is 8.58. The number of benzene rings is 1. The summed E-state index contributed by atoms with van der Waals surface area (Å²) >= 11 is 0. The number of primary amides is 1. The van der Waals surface area contributed by atoms with E-state index in [0.717, 1.165) is 0 Å². The number of hydrogen-bond acceptors (Lipinski definition) is 9. The second-order valence-electron chi connectivity index (χ2n) is 8.58. The van der Waals surface area contributed by atoms with Crippen molar-refractivity contribution >= 4 is 28.9 Å². The highest BCUT2D eigenvalue weighted by Gasteiger charge is 2.64. The fourth-order valence-corrected chi connectivity index (χ4v) is 5.32. The van der Waals surface area contributed by atoms with Gasteiger partial charge < -0.3 is 31.5 Å². The average molecular weight is 446 g/mol. The molecule has 0 spiro atoms. The van der Waals surface area contributed by atoms with Gasteiger partial charge in [-0.25, -0.2) is 0 Å². The Morgan fingerprint density at radius 1 is 1.28 bits per heavy atom. The van der Waals surface area contributed by atoms with Crippen LogP contribution in [0.4, 0.5) is 5.69 Å². The number of carbonyl (C=O) groups excluding carboxylic acids is 3. The van der Waals surface area contributed by atoms with Gasteiger partial charge in [-0.2, -0.15) is 0 Å². The van der Waals surface area contributed by atoms with Crippen LogP contribution in [0, 0.1) is 11.8 Å². The number of rotatable bonds is 3. The topological polar surface area (TPSA) is 173 Å². The number of ketones is 2. The number of nitrogens with zero attached hydrogens (tertiary/aromatic N) is 1. The number of hydrogen-bond donors (Lipinski definition) is 6. The van der Waals surface area contributed by atoms with Crippen LogP contribution in [0.5, 0.6) is 5.75 Å². The molecular weight excluding hydrogens is 418 g/mol. The lowest BCUT2D eigenvalue weighted by atomic mass is 9.57. The zero-order valence-corrected chi connectivity index (χ0v) is 17.3. The summed E-state index contributed by atoms with van der Waals surface area (Å²) < 4.78 is 22.1. The van der Waals surface area contributed by atoms with Gasteiger partial charge in [0.25, 0.3) is 5.91 Å². The maximum absolute atomic E-state index is 13.7. The molecule has 7 N–H and O–H groups in total. The fraction of sp³-hybridized carbons (Fsp3) is 0.409. The van der Waals surface area contributed by atoms with E-state index in [9.17, 15) is 34.8 Å². The lowest BCUT2D eigenvalue weighted by Crippen LogP contribution is -2.65. The highest BCUT2D eigenvalue weighted by Crippen LogP contribution is 2.53. The molecule has 3 aliphatic rings. The zero-order chi connectivity index (χ0) is 26.2. The number of phenolic OH excluding ortho intramolecular Hbond substituents is 1. The van der Waals surface area contributed by atoms with Crippen LogP contribution in [0.2, 0.25) is 0 Å². The molecule has 3 aliphatic carbocycles. The average Bonchev–Trinajstić information content (AvgIpc) is 2.71. The van der Waals surface area contributed by atoms with E-state index in [1.807, 2.05) is 0 Å². The molecule has 32 heavy (non-hydrogen) atoms. The van der Waals surface area contributed by atoms with Gasteiger partial charge in [0.05, 0.1) is 17.3 Å². The lowest BCUT2D eigenvalue weighted by Gasteiger charge is -2.50. The summed E-state index contributed by atoms with van der Waals surface area (Å²) in [4.78, 5) is 40.1. The standard InChI is InChI=1S/C22H25N3O7/c1-24-11-5-4-8-6-9-7-10-15(25(2)3)18(28)14(21(23)31)20(30)22(10,32)19(29)13(9)17(27)12(8)16(11)26/h4-5,9-10,15,24,26-27,30,32H,6-7H2,1-3H3,(H2,23,31)/t9-,10-,15-,22-/m0/s1/i1D3. The van der Waals surface area contributed by atoms with E-state index in [1.165, 1.54) is 31.1 Å². The molecule has 1 saturated carbocycles. The summed E-state index contributed by atoms with van der Waals surface area (Å²) in [5.74, 6) is -7.59. The van der Waals surface area contributed by atoms with E-state index in [-0.39, 0.29) is 29.7 Å². The van der Waals surface area contributed by atoms with Crippen molar-refractivity contribution in [1.82, 2.24) is 4.90 Å². The normalized spacial score (nSPS) is 31.4. The van der Waals surface area contributed by atoms with Crippen molar-refractivity contribution in [2.75, 3.05) is 26.4 Å². The fourth-order valence-electron chi connectivity index (χ4n) is 5.32. The van der Waals surface area contributed by atoms with Crippen LogP contribution in [0.1, 0.15) is 21.7 Å². The Bertz CT molecular complexity index is 1240. The minimum absolute atomic E-state index is 0.0260. The Morgan fingerprint density at radius 2 is 1.97 bits per heavy atom. The Balaban J connectivity index is 1.93. The van der Waals surface area contributed by atoms with Crippen molar-refractivity contribution in [3.05, 3.63) is 40.2 Å². The molecular formula is C22H25N3O7. The molecule has 0 unspecified atom stereocenters. The third kappa shape index (κ3) is 2.63. The number of aliphatic hydroxyl groups excluding tert-OH is 2. The van der Waals surface area contributed by atoms with Crippen LogP contribution in [0.25, 0.3) is 5.76 Å². The molecule has 0 aromatic heterocycles. The summed E-state index contributed by atoms with van der Waals surface area (Å²) in [6.45, 7) is -2.65. The van der Waals surface area contributed by atoms with Gasteiger partial charge in [0.1, 0.15) is 22.8 Å². The number of nitrogens with one attached hydrogen (secondary N) is 1. The summed E-state index contributed by atoms with van der Waals surface area (Å²) in [5, 5.41) is 46.2. The van der Waals surface area contributed by atoms with E-state index in [4.69, 9.17) is 9.85 Å². The lowest BCUT2D eigenvalue weighted by molar-refractivity contribution is -0.153. The predicted molar refractivity (Wildman–Crippen MR) is 114 cm³/mol. The van der Waals surface area contributed by atoms with Crippen molar-refractivity contribution in [1.29, 1.82) is 0 Å². The molecule has 1 aromatic rings. The number of likely N-dealkylation sites (N-methyl/N-ethyl adjacent to an activating group) is 1. The molecule has 10 nitrogen and oxygen atoms in total.